The molecule has 0 aliphatic carbocycles. The van der Waals surface area contributed by atoms with Crippen LogP contribution in [0.3, 0.4) is 0 Å². The Labute approximate surface area is 148 Å². The zero-order valence-electron chi connectivity index (χ0n) is 14.8. The molecule has 1 aromatic heterocycles. The average Bonchev–Trinajstić information content (AvgIpc) is 2.64. The third-order valence-electron chi connectivity index (χ3n) is 4.90. The minimum Gasteiger partial charge on any atom is -0.436 e. The van der Waals surface area contributed by atoms with Gasteiger partial charge in [-0.05, 0) is 49.4 Å². The Hall–Kier alpha value is -2.62. The first-order chi connectivity index (χ1) is 12.2. The summed E-state index contributed by atoms with van der Waals surface area (Å²) >= 11 is 0. The maximum Gasteiger partial charge on any atom is 0.263 e. The standard InChI is InChI=1S/C21H23N3O/c1-15-11-13-24(14-12-15)20-21(25-19-10-6-3-7-16(19)2)23-18-9-5-4-8-17(18)22-20/h3-10,15H,11-14H2,1-2H3. The molecule has 1 aliphatic heterocycles. The molecule has 0 amide bonds. The molecule has 2 aromatic carbocycles. The Kier molecular flexibility index (Phi) is 4.26. The van der Waals surface area contributed by atoms with E-state index in [-0.39, 0.29) is 0 Å². The molecular weight excluding hydrogens is 310 g/mol. The highest BCUT2D eigenvalue weighted by molar-refractivity contribution is 5.77. The van der Waals surface area contributed by atoms with Crippen molar-refractivity contribution in [1.29, 1.82) is 0 Å². The molecule has 0 unspecified atom stereocenters. The van der Waals surface area contributed by atoms with Crippen LogP contribution in [0.4, 0.5) is 5.82 Å². The molecule has 128 valence electrons. The van der Waals surface area contributed by atoms with Crippen LogP contribution in [0.15, 0.2) is 48.5 Å². The second-order valence-corrected chi connectivity index (χ2v) is 6.88. The van der Waals surface area contributed by atoms with Gasteiger partial charge in [0, 0.05) is 13.1 Å². The fraction of sp³-hybridized carbons (Fsp3) is 0.333. The van der Waals surface area contributed by atoms with Crippen LogP contribution in [0.2, 0.25) is 0 Å². The van der Waals surface area contributed by atoms with Crippen LogP contribution in [-0.4, -0.2) is 23.1 Å². The van der Waals surface area contributed by atoms with Crippen molar-refractivity contribution in [3.05, 3.63) is 54.1 Å². The van der Waals surface area contributed by atoms with Gasteiger partial charge >= 0.3 is 0 Å². The van der Waals surface area contributed by atoms with E-state index in [0.717, 1.165) is 47.2 Å². The number of hydrogen-bond acceptors (Lipinski definition) is 4. The molecule has 25 heavy (non-hydrogen) atoms. The predicted molar refractivity (Wildman–Crippen MR) is 101 cm³/mol. The van der Waals surface area contributed by atoms with Crippen molar-refractivity contribution >= 4 is 16.9 Å². The van der Waals surface area contributed by atoms with E-state index in [1.54, 1.807) is 0 Å². The molecule has 0 radical (unpaired) electrons. The predicted octanol–water partition coefficient (Wildman–Crippen LogP) is 4.97. The van der Waals surface area contributed by atoms with Gasteiger partial charge in [-0.15, -0.1) is 0 Å². The molecule has 0 saturated carbocycles. The Balaban J connectivity index is 1.77. The summed E-state index contributed by atoms with van der Waals surface area (Å²) in [6, 6.07) is 16.0. The van der Waals surface area contributed by atoms with Crippen LogP contribution in [-0.2, 0) is 0 Å². The van der Waals surface area contributed by atoms with E-state index in [0.29, 0.717) is 5.88 Å². The number of hydrogen-bond donors (Lipinski definition) is 0. The number of aryl methyl sites for hydroxylation is 1. The van der Waals surface area contributed by atoms with E-state index in [1.165, 1.54) is 12.8 Å². The monoisotopic (exact) mass is 333 g/mol. The van der Waals surface area contributed by atoms with E-state index in [1.807, 2.05) is 55.5 Å². The number of nitrogens with zero attached hydrogens (tertiary/aromatic N) is 3. The maximum absolute atomic E-state index is 6.21. The van der Waals surface area contributed by atoms with Crippen LogP contribution in [0.5, 0.6) is 11.6 Å². The maximum atomic E-state index is 6.21. The first-order valence-corrected chi connectivity index (χ1v) is 8.96. The smallest absolute Gasteiger partial charge is 0.263 e. The molecule has 4 heteroatoms. The highest BCUT2D eigenvalue weighted by atomic mass is 16.5. The second kappa shape index (κ2) is 6.71. The van der Waals surface area contributed by atoms with Gasteiger partial charge < -0.3 is 9.64 Å². The number of piperidine rings is 1. The fourth-order valence-corrected chi connectivity index (χ4v) is 3.24. The molecule has 0 atom stereocenters. The molecular formula is C21H23N3O. The number of para-hydroxylation sites is 3. The highest BCUT2D eigenvalue weighted by Crippen LogP contribution is 2.34. The van der Waals surface area contributed by atoms with E-state index in [2.05, 4.69) is 11.8 Å². The van der Waals surface area contributed by atoms with Gasteiger partial charge in [0.15, 0.2) is 5.82 Å². The van der Waals surface area contributed by atoms with Crippen molar-refractivity contribution in [2.24, 2.45) is 5.92 Å². The molecule has 0 spiro atoms. The summed E-state index contributed by atoms with van der Waals surface area (Å²) in [4.78, 5) is 12.0. The van der Waals surface area contributed by atoms with E-state index in [4.69, 9.17) is 14.7 Å². The zero-order chi connectivity index (χ0) is 17.2. The first kappa shape index (κ1) is 15.9. The molecule has 4 rings (SSSR count). The Morgan fingerprint density at radius 2 is 1.56 bits per heavy atom. The lowest BCUT2D eigenvalue weighted by molar-refractivity contribution is 0.422. The van der Waals surface area contributed by atoms with E-state index in [9.17, 15) is 0 Å². The lowest BCUT2D eigenvalue weighted by Crippen LogP contribution is -2.33. The molecule has 4 nitrogen and oxygen atoms in total. The highest BCUT2D eigenvalue weighted by Gasteiger charge is 2.22. The SMILES string of the molecule is Cc1ccccc1Oc1nc2ccccc2nc1N1CCC(C)CC1. The molecule has 2 heterocycles. The third kappa shape index (κ3) is 3.29. The number of benzene rings is 2. The van der Waals surface area contributed by atoms with Gasteiger partial charge in [0.25, 0.3) is 5.88 Å². The number of fused-ring (bicyclic) bond motifs is 1. The summed E-state index contributed by atoms with van der Waals surface area (Å²) in [5.41, 5.74) is 2.86. The van der Waals surface area contributed by atoms with E-state index >= 15 is 0 Å². The molecule has 3 aromatic rings. The summed E-state index contributed by atoms with van der Waals surface area (Å²) in [5, 5.41) is 0. The van der Waals surface area contributed by atoms with Crippen molar-refractivity contribution in [2.75, 3.05) is 18.0 Å². The van der Waals surface area contributed by atoms with Crippen LogP contribution >= 0.6 is 0 Å². The first-order valence-electron chi connectivity index (χ1n) is 8.96. The van der Waals surface area contributed by atoms with Gasteiger partial charge in [-0.1, -0.05) is 37.3 Å². The summed E-state index contributed by atoms with van der Waals surface area (Å²) < 4.78 is 6.21. The van der Waals surface area contributed by atoms with Gasteiger partial charge in [0.2, 0.25) is 0 Å². The minimum atomic E-state index is 0.600. The van der Waals surface area contributed by atoms with Crippen molar-refractivity contribution in [3.63, 3.8) is 0 Å². The summed E-state index contributed by atoms with van der Waals surface area (Å²) in [6.45, 7) is 6.36. The molecule has 0 N–H and O–H groups in total. The van der Waals surface area contributed by atoms with Crippen LogP contribution in [0.1, 0.15) is 25.3 Å². The van der Waals surface area contributed by atoms with Gasteiger partial charge in [0.05, 0.1) is 11.0 Å². The summed E-state index contributed by atoms with van der Waals surface area (Å²) in [6.07, 6.45) is 2.36. The van der Waals surface area contributed by atoms with Crippen molar-refractivity contribution in [3.8, 4) is 11.6 Å². The number of rotatable bonds is 3. The van der Waals surface area contributed by atoms with Gasteiger partial charge in [-0.2, -0.15) is 0 Å². The van der Waals surface area contributed by atoms with Gasteiger partial charge in [-0.25, -0.2) is 9.97 Å². The Morgan fingerprint density at radius 3 is 2.28 bits per heavy atom. The van der Waals surface area contributed by atoms with E-state index < -0.39 is 0 Å². The van der Waals surface area contributed by atoms with Crippen LogP contribution < -0.4 is 9.64 Å². The topological polar surface area (TPSA) is 38.3 Å². The summed E-state index contributed by atoms with van der Waals surface area (Å²) in [7, 11) is 0. The Morgan fingerprint density at radius 1 is 0.920 bits per heavy atom. The normalized spacial score (nSPS) is 15.5. The number of ether oxygens (including phenoxy) is 1. The molecule has 1 fully saturated rings. The van der Waals surface area contributed by atoms with Crippen molar-refractivity contribution in [2.45, 2.75) is 26.7 Å². The molecule has 0 bridgehead atoms. The van der Waals surface area contributed by atoms with Crippen LogP contribution in [0.25, 0.3) is 11.0 Å². The van der Waals surface area contributed by atoms with Crippen LogP contribution in [0, 0.1) is 12.8 Å². The third-order valence-corrected chi connectivity index (χ3v) is 4.90. The fourth-order valence-electron chi connectivity index (χ4n) is 3.24. The lowest BCUT2D eigenvalue weighted by atomic mass is 9.99. The minimum absolute atomic E-state index is 0.600. The Bertz CT molecular complexity index is 885. The van der Waals surface area contributed by atoms with Gasteiger partial charge in [-0.3, -0.25) is 0 Å². The zero-order valence-corrected chi connectivity index (χ0v) is 14.8. The molecule has 1 saturated heterocycles. The van der Waals surface area contributed by atoms with Crippen molar-refractivity contribution in [1.82, 2.24) is 9.97 Å². The van der Waals surface area contributed by atoms with Crippen molar-refractivity contribution < 1.29 is 4.74 Å². The number of aromatic nitrogens is 2. The molecule has 1 aliphatic rings. The van der Waals surface area contributed by atoms with Gasteiger partial charge in [0.1, 0.15) is 5.75 Å². The largest absolute Gasteiger partial charge is 0.436 e. The summed E-state index contributed by atoms with van der Waals surface area (Å²) in [5.74, 6) is 3.06. The average molecular weight is 333 g/mol. The quantitative estimate of drug-likeness (QED) is 0.678. The lowest BCUT2D eigenvalue weighted by Gasteiger charge is -2.31. The number of anilines is 1. The second-order valence-electron chi connectivity index (χ2n) is 6.88.